The van der Waals surface area contributed by atoms with Gasteiger partial charge in [-0.1, -0.05) is 35.9 Å². The number of sulfonamides is 1. The summed E-state index contributed by atoms with van der Waals surface area (Å²) in [6.07, 6.45) is 0. The first-order valence-electron chi connectivity index (χ1n) is 9.12. The molecule has 3 rings (SSSR count). The summed E-state index contributed by atoms with van der Waals surface area (Å²) in [5.74, 6) is -1.29. The number of para-hydroxylation sites is 1. The van der Waals surface area contributed by atoms with E-state index in [1.54, 1.807) is 37.3 Å². The molecule has 8 heteroatoms. The molecule has 0 aromatic heterocycles. The zero-order valence-corrected chi connectivity index (χ0v) is 17.7. The van der Waals surface area contributed by atoms with Gasteiger partial charge in [0.2, 0.25) is 0 Å². The summed E-state index contributed by atoms with van der Waals surface area (Å²) in [6, 6.07) is 18.3. The van der Waals surface area contributed by atoms with E-state index in [1.807, 2.05) is 0 Å². The number of hydrogen-bond acceptors (Lipinski definition) is 4. The Kier molecular flexibility index (Phi) is 6.74. The largest absolute Gasteiger partial charge is 0.457 e. The average molecular weight is 448 g/mol. The van der Waals surface area contributed by atoms with Crippen molar-refractivity contribution in [3.05, 3.63) is 94.8 Å². The van der Waals surface area contributed by atoms with Crippen LogP contribution in [0.15, 0.2) is 77.7 Å². The number of carbonyl (C=O) groups excluding carboxylic acids is 1. The molecule has 3 aromatic carbocycles. The van der Waals surface area contributed by atoms with Crippen molar-refractivity contribution < 1.29 is 22.3 Å². The number of benzene rings is 3. The molecule has 30 heavy (non-hydrogen) atoms. The minimum atomic E-state index is -3.80. The molecule has 0 fully saturated rings. The summed E-state index contributed by atoms with van der Waals surface area (Å²) in [5.41, 5.74) is 0.766. The highest BCUT2D eigenvalue weighted by molar-refractivity contribution is 7.92. The second-order valence-electron chi connectivity index (χ2n) is 6.31. The van der Waals surface area contributed by atoms with Gasteiger partial charge >= 0.3 is 5.97 Å². The molecule has 0 bridgehead atoms. The van der Waals surface area contributed by atoms with Crippen LogP contribution in [0.4, 0.5) is 10.1 Å². The van der Waals surface area contributed by atoms with Crippen LogP contribution in [0.5, 0.6) is 0 Å². The van der Waals surface area contributed by atoms with Crippen LogP contribution in [0.3, 0.4) is 0 Å². The molecule has 0 saturated carbocycles. The predicted octanol–water partition coefficient (Wildman–Crippen LogP) is 5.05. The fourth-order valence-corrected chi connectivity index (χ4v) is 4.56. The number of ether oxygens (including phenoxy) is 1. The molecule has 0 heterocycles. The summed E-state index contributed by atoms with van der Waals surface area (Å²) in [7, 11) is -3.80. The third-order valence-corrected chi connectivity index (χ3v) is 6.69. The fourth-order valence-electron chi connectivity index (χ4n) is 2.87. The van der Waals surface area contributed by atoms with E-state index >= 15 is 0 Å². The van der Waals surface area contributed by atoms with Crippen LogP contribution in [0.25, 0.3) is 0 Å². The van der Waals surface area contributed by atoms with E-state index in [-0.39, 0.29) is 34.2 Å². The van der Waals surface area contributed by atoms with Crippen LogP contribution in [0.1, 0.15) is 22.8 Å². The Bertz CT molecular complexity index is 1120. The van der Waals surface area contributed by atoms with Crippen LogP contribution in [0, 0.1) is 5.82 Å². The molecule has 0 spiro atoms. The SMILES string of the molecule is CCN(c1ccccc1)S(=O)(=O)c1ccc(C(=O)OCc2c(F)cccc2Cl)cc1. The normalized spacial score (nSPS) is 11.2. The third-order valence-electron chi connectivity index (χ3n) is 4.42. The molecular weight excluding hydrogens is 429 g/mol. The molecule has 0 saturated heterocycles. The van der Waals surface area contributed by atoms with Crippen molar-refractivity contribution in [2.24, 2.45) is 0 Å². The first-order chi connectivity index (χ1) is 14.3. The van der Waals surface area contributed by atoms with Gasteiger partial charge in [0.1, 0.15) is 12.4 Å². The Morgan fingerprint density at radius 2 is 1.67 bits per heavy atom. The standard InChI is InChI=1S/C22H19ClFNO4S/c1-2-25(17-7-4-3-5-8-17)30(27,28)18-13-11-16(12-14-18)22(26)29-15-19-20(23)9-6-10-21(19)24/h3-14H,2,15H2,1H3. The van der Waals surface area contributed by atoms with Crippen molar-refractivity contribution in [1.82, 2.24) is 0 Å². The van der Waals surface area contributed by atoms with Crippen molar-refractivity contribution in [1.29, 1.82) is 0 Å². The first kappa shape index (κ1) is 21.8. The Morgan fingerprint density at radius 3 is 2.27 bits per heavy atom. The van der Waals surface area contributed by atoms with Gasteiger partial charge in [-0.3, -0.25) is 4.31 Å². The summed E-state index contributed by atoms with van der Waals surface area (Å²) in [4.78, 5) is 12.3. The number of halogens is 2. The highest BCUT2D eigenvalue weighted by atomic mass is 35.5. The van der Waals surface area contributed by atoms with Gasteiger partial charge in [0.25, 0.3) is 10.0 Å². The zero-order chi connectivity index (χ0) is 21.7. The number of anilines is 1. The lowest BCUT2D eigenvalue weighted by molar-refractivity contribution is 0.0469. The number of hydrogen-bond donors (Lipinski definition) is 0. The van der Waals surface area contributed by atoms with E-state index in [0.717, 1.165) is 0 Å². The number of carbonyl (C=O) groups is 1. The predicted molar refractivity (Wildman–Crippen MR) is 114 cm³/mol. The van der Waals surface area contributed by atoms with Gasteiger partial charge in [0.15, 0.2) is 0 Å². The van der Waals surface area contributed by atoms with Gasteiger partial charge < -0.3 is 4.74 Å². The van der Waals surface area contributed by atoms with E-state index in [9.17, 15) is 17.6 Å². The number of nitrogens with zero attached hydrogens (tertiary/aromatic N) is 1. The van der Waals surface area contributed by atoms with Crippen LogP contribution >= 0.6 is 11.6 Å². The van der Waals surface area contributed by atoms with Crippen molar-refractivity contribution in [2.45, 2.75) is 18.4 Å². The van der Waals surface area contributed by atoms with E-state index < -0.39 is 21.8 Å². The topological polar surface area (TPSA) is 63.7 Å². The molecule has 0 aliphatic heterocycles. The minimum Gasteiger partial charge on any atom is -0.457 e. The van der Waals surface area contributed by atoms with Crippen molar-refractivity contribution in [3.8, 4) is 0 Å². The maximum Gasteiger partial charge on any atom is 0.338 e. The fraction of sp³-hybridized carbons (Fsp3) is 0.136. The average Bonchev–Trinajstić information content (AvgIpc) is 2.74. The molecular formula is C22H19ClFNO4S. The van der Waals surface area contributed by atoms with Gasteiger partial charge in [0.05, 0.1) is 21.2 Å². The Balaban J connectivity index is 1.76. The van der Waals surface area contributed by atoms with Gasteiger partial charge in [-0.2, -0.15) is 0 Å². The maximum absolute atomic E-state index is 13.8. The summed E-state index contributed by atoms with van der Waals surface area (Å²) in [5, 5.41) is 0.157. The third kappa shape index (κ3) is 4.63. The lowest BCUT2D eigenvalue weighted by atomic mass is 10.2. The Morgan fingerprint density at radius 1 is 1.00 bits per heavy atom. The first-order valence-corrected chi connectivity index (χ1v) is 10.9. The molecule has 0 aliphatic carbocycles. The van der Waals surface area contributed by atoms with E-state index in [4.69, 9.17) is 16.3 Å². The number of esters is 1. The molecule has 0 unspecified atom stereocenters. The van der Waals surface area contributed by atoms with Crippen LogP contribution in [0.2, 0.25) is 5.02 Å². The van der Waals surface area contributed by atoms with Gasteiger partial charge in [-0.05, 0) is 55.5 Å². The molecule has 5 nitrogen and oxygen atoms in total. The number of rotatable bonds is 7. The van der Waals surface area contributed by atoms with Gasteiger partial charge in [-0.25, -0.2) is 17.6 Å². The summed E-state index contributed by atoms with van der Waals surface area (Å²) < 4.78 is 46.2. The zero-order valence-electron chi connectivity index (χ0n) is 16.1. The lowest BCUT2D eigenvalue weighted by Crippen LogP contribution is -2.30. The maximum atomic E-state index is 13.8. The monoisotopic (exact) mass is 447 g/mol. The quantitative estimate of drug-likeness (QED) is 0.475. The van der Waals surface area contributed by atoms with E-state index in [1.165, 1.54) is 46.8 Å². The second-order valence-corrected chi connectivity index (χ2v) is 8.58. The van der Waals surface area contributed by atoms with Crippen molar-refractivity contribution >= 4 is 33.3 Å². The van der Waals surface area contributed by atoms with Crippen LogP contribution < -0.4 is 4.31 Å². The molecule has 0 radical (unpaired) electrons. The van der Waals surface area contributed by atoms with E-state index in [2.05, 4.69) is 0 Å². The van der Waals surface area contributed by atoms with Gasteiger partial charge in [0, 0.05) is 12.1 Å². The molecule has 156 valence electrons. The smallest absolute Gasteiger partial charge is 0.338 e. The van der Waals surface area contributed by atoms with Crippen molar-refractivity contribution in [2.75, 3.05) is 10.8 Å². The molecule has 0 N–H and O–H groups in total. The highest BCUT2D eigenvalue weighted by Gasteiger charge is 2.24. The highest BCUT2D eigenvalue weighted by Crippen LogP contribution is 2.24. The van der Waals surface area contributed by atoms with Crippen LogP contribution in [-0.2, 0) is 21.4 Å². The van der Waals surface area contributed by atoms with Crippen LogP contribution in [-0.4, -0.2) is 20.9 Å². The van der Waals surface area contributed by atoms with Crippen molar-refractivity contribution in [3.63, 3.8) is 0 Å². The second kappa shape index (κ2) is 9.28. The summed E-state index contributed by atoms with van der Waals surface area (Å²) in [6.45, 7) is 1.66. The molecule has 0 atom stereocenters. The molecule has 3 aromatic rings. The summed E-state index contributed by atoms with van der Waals surface area (Å²) >= 11 is 5.92. The molecule has 0 aliphatic rings. The molecule has 0 amide bonds. The minimum absolute atomic E-state index is 0.0434. The Labute approximate surface area is 179 Å². The van der Waals surface area contributed by atoms with E-state index in [0.29, 0.717) is 5.69 Å². The van der Waals surface area contributed by atoms with Gasteiger partial charge in [-0.15, -0.1) is 0 Å². The lowest BCUT2D eigenvalue weighted by Gasteiger charge is -2.22. The Hall–Kier alpha value is -2.90.